The van der Waals surface area contributed by atoms with Crippen LogP contribution in [0.1, 0.15) is 35.7 Å². The van der Waals surface area contributed by atoms with Crippen LogP contribution in [-0.4, -0.2) is 43.4 Å². The molecular weight excluding hydrogens is 264 g/mol. The first-order chi connectivity index (χ1) is 10.2. The molecular formula is C16H24N4O. The lowest BCUT2D eigenvalue weighted by Gasteiger charge is -2.20. The Kier molecular flexibility index (Phi) is 5.60. The monoisotopic (exact) mass is 288 g/mol. The molecule has 1 aromatic carbocycles. The maximum Gasteiger partial charge on any atom is 0.251 e. The van der Waals surface area contributed by atoms with Gasteiger partial charge in [-0.25, -0.2) is 4.99 Å². The van der Waals surface area contributed by atoms with Gasteiger partial charge in [0.2, 0.25) is 0 Å². The highest BCUT2D eigenvalue weighted by Gasteiger charge is 2.15. The number of hydrogen-bond acceptors (Lipinski definition) is 2. The van der Waals surface area contributed by atoms with Gasteiger partial charge in [0.25, 0.3) is 5.91 Å². The molecule has 0 spiro atoms. The van der Waals surface area contributed by atoms with Crippen LogP contribution in [0.2, 0.25) is 0 Å². The van der Waals surface area contributed by atoms with Gasteiger partial charge in [0.1, 0.15) is 0 Å². The lowest BCUT2D eigenvalue weighted by molar-refractivity contribution is 0.0963. The minimum absolute atomic E-state index is 0.0627. The van der Waals surface area contributed by atoms with Gasteiger partial charge in [-0.05, 0) is 37.5 Å². The number of benzene rings is 1. The molecule has 5 nitrogen and oxygen atoms in total. The van der Waals surface area contributed by atoms with Gasteiger partial charge in [0, 0.05) is 32.2 Å². The summed E-state index contributed by atoms with van der Waals surface area (Å²) in [6, 6.07) is 7.62. The number of amides is 1. The van der Waals surface area contributed by atoms with E-state index in [2.05, 4.69) is 22.5 Å². The molecule has 0 bridgehead atoms. The lowest BCUT2D eigenvalue weighted by atomic mass is 10.1. The molecule has 0 aromatic heterocycles. The van der Waals surface area contributed by atoms with Gasteiger partial charge in [0.05, 0.1) is 6.54 Å². The highest BCUT2D eigenvalue weighted by molar-refractivity contribution is 5.94. The van der Waals surface area contributed by atoms with E-state index in [1.165, 1.54) is 12.8 Å². The Balaban J connectivity index is 2.08. The van der Waals surface area contributed by atoms with Crippen molar-refractivity contribution in [3.05, 3.63) is 35.4 Å². The maximum atomic E-state index is 11.6. The number of guanidine groups is 1. The molecule has 0 saturated carbocycles. The SMILES string of the molecule is CCNC(=NCc1cccc(C(=O)NC)c1)N1CCCC1. The first-order valence-corrected chi connectivity index (χ1v) is 7.59. The topological polar surface area (TPSA) is 56.7 Å². The molecule has 1 heterocycles. The number of carbonyl (C=O) groups is 1. The summed E-state index contributed by atoms with van der Waals surface area (Å²) in [6.45, 7) is 5.68. The molecule has 0 unspecified atom stereocenters. The van der Waals surface area contributed by atoms with Crippen molar-refractivity contribution in [3.8, 4) is 0 Å². The van der Waals surface area contributed by atoms with E-state index in [1.807, 2.05) is 24.3 Å². The number of likely N-dealkylation sites (tertiary alicyclic amines) is 1. The summed E-state index contributed by atoms with van der Waals surface area (Å²) in [5.41, 5.74) is 1.72. The second kappa shape index (κ2) is 7.67. The van der Waals surface area contributed by atoms with Crippen LogP contribution in [0.3, 0.4) is 0 Å². The van der Waals surface area contributed by atoms with Crippen molar-refractivity contribution >= 4 is 11.9 Å². The Morgan fingerprint density at radius 1 is 1.33 bits per heavy atom. The second-order valence-electron chi connectivity index (χ2n) is 5.14. The zero-order chi connectivity index (χ0) is 15.1. The van der Waals surface area contributed by atoms with E-state index in [0.29, 0.717) is 12.1 Å². The van der Waals surface area contributed by atoms with Crippen LogP contribution >= 0.6 is 0 Å². The van der Waals surface area contributed by atoms with Crippen LogP contribution in [0.4, 0.5) is 0 Å². The molecule has 1 aliphatic heterocycles. The smallest absolute Gasteiger partial charge is 0.251 e. The average Bonchev–Trinajstić information content (AvgIpc) is 3.05. The number of nitrogens with zero attached hydrogens (tertiary/aromatic N) is 2. The Bertz CT molecular complexity index is 507. The number of hydrogen-bond donors (Lipinski definition) is 2. The van der Waals surface area contributed by atoms with Crippen LogP contribution in [0.5, 0.6) is 0 Å². The maximum absolute atomic E-state index is 11.6. The van der Waals surface area contributed by atoms with Crippen molar-refractivity contribution in [2.45, 2.75) is 26.3 Å². The Morgan fingerprint density at radius 3 is 2.76 bits per heavy atom. The Hall–Kier alpha value is -2.04. The van der Waals surface area contributed by atoms with E-state index in [1.54, 1.807) is 7.05 Å². The molecule has 0 aliphatic carbocycles. The zero-order valence-electron chi connectivity index (χ0n) is 12.9. The molecule has 2 N–H and O–H groups in total. The summed E-state index contributed by atoms with van der Waals surface area (Å²) >= 11 is 0. The van der Waals surface area contributed by atoms with Gasteiger partial charge < -0.3 is 15.5 Å². The summed E-state index contributed by atoms with van der Waals surface area (Å²) < 4.78 is 0. The predicted molar refractivity (Wildman–Crippen MR) is 85.5 cm³/mol. The Labute approximate surface area is 126 Å². The van der Waals surface area contributed by atoms with E-state index < -0.39 is 0 Å². The van der Waals surface area contributed by atoms with E-state index in [-0.39, 0.29) is 5.91 Å². The molecule has 1 fully saturated rings. The second-order valence-corrected chi connectivity index (χ2v) is 5.14. The predicted octanol–water partition coefficient (Wildman–Crippen LogP) is 1.61. The van der Waals surface area contributed by atoms with E-state index in [9.17, 15) is 4.79 Å². The highest BCUT2D eigenvalue weighted by Crippen LogP contribution is 2.10. The molecule has 1 saturated heterocycles. The van der Waals surface area contributed by atoms with Crippen LogP contribution in [-0.2, 0) is 6.54 Å². The minimum atomic E-state index is -0.0627. The third-order valence-electron chi connectivity index (χ3n) is 3.57. The van der Waals surface area contributed by atoms with Gasteiger partial charge in [-0.2, -0.15) is 0 Å². The summed E-state index contributed by atoms with van der Waals surface area (Å²) in [6.07, 6.45) is 2.47. The first-order valence-electron chi connectivity index (χ1n) is 7.59. The number of carbonyl (C=O) groups excluding carboxylic acids is 1. The van der Waals surface area contributed by atoms with Gasteiger partial charge >= 0.3 is 0 Å². The molecule has 0 atom stereocenters. The summed E-state index contributed by atoms with van der Waals surface area (Å²) in [4.78, 5) is 18.6. The van der Waals surface area contributed by atoms with Crippen LogP contribution in [0.25, 0.3) is 0 Å². The quantitative estimate of drug-likeness (QED) is 0.654. The fraction of sp³-hybridized carbons (Fsp3) is 0.500. The lowest BCUT2D eigenvalue weighted by Crippen LogP contribution is -2.39. The largest absolute Gasteiger partial charge is 0.357 e. The fourth-order valence-electron chi connectivity index (χ4n) is 2.48. The van der Waals surface area contributed by atoms with Crippen molar-refractivity contribution < 1.29 is 4.79 Å². The molecule has 21 heavy (non-hydrogen) atoms. The normalized spacial score (nSPS) is 15.1. The average molecular weight is 288 g/mol. The van der Waals surface area contributed by atoms with E-state index in [4.69, 9.17) is 4.99 Å². The summed E-state index contributed by atoms with van der Waals surface area (Å²) in [7, 11) is 1.64. The minimum Gasteiger partial charge on any atom is -0.357 e. The number of rotatable bonds is 4. The summed E-state index contributed by atoms with van der Waals surface area (Å²) in [5, 5.41) is 5.98. The molecule has 1 aromatic rings. The molecule has 1 amide bonds. The van der Waals surface area contributed by atoms with Gasteiger partial charge in [-0.15, -0.1) is 0 Å². The summed E-state index contributed by atoms with van der Waals surface area (Å²) in [5.74, 6) is 0.910. The highest BCUT2D eigenvalue weighted by atomic mass is 16.1. The van der Waals surface area contributed by atoms with E-state index in [0.717, 1.165) is 31.2 Å². The van der Waals surface area contributed by atoms with Crippen LogP contribution < -0.4 is 10.6 Å². The third-order valence-corrected chi connectivity index (χ3v) is 3.57. The van der Waals surface area contributed by atoms with Crippen molar-refractivity contribution in [1.82, 2.24) is 15.5 Å². The van der Waals surface area contributed by atoms with Crippen molar-refractivity contribution in [1.29, 1.82) is 0 Å². The number of nitrogens with one attached hydrogen (secondary N) is 2. The standard InChI is InChI=1S/C16H24N4O/c1-3-18-16(20-9-4-5-10-20)19-12-13-7-6-8-14(11-13)15(21)17-2/h6-8,11H,3-5,9-10,12H2,1-2H3,(H,17,21)(H,18,19). The van der Waals surface area contributed by atoms with Crippen molar-refractivity contribution in [2.75, 3.05) is 26.7 Å². The van der Waals surface area contributed by atoms with Crippen LogP contribution in [0, 0.1) is 0 Å². The van der Waals surface area contributed by atoms with Gasteiger partial charge in [-0.1, -0.05) is 12.1 Å². The fourth-order valence-corrected chi connectivity index (χ4v) is 2.48. The molecule has 0 radical (unpaired) electrons. The van der Waals surface area contributed by atoms with Gasteiger partial charge in [0.15, 0.2) is 5.96 Å². The number of aliphatic imine (C=N–C) groups is 1. The first kappa shape index (κ1) is 15.4. The van der Waals surface area contributed by atoms with Crippen molar-refractivity contribution in [2.24, 2.45) is 4.99 Å². The molecule has 2 rings (SSSR count). The third kappa shape index (κ3) is 4.21. The van der Waals surface area contributed by atoms with Gasteiger partial charge in [-0.3, -0.25) is 4.79 Å². The molecule has 114 valence electrons. The molecule has 1 aliphatic rings. The van der Waals surface area contributed by atoms with Crippen LogP contribution in [0.15, 0.2) is 29.3 Å². The van der Waals surface area contributed by atoms with Crippen molar-refractivity contribution in [3.63, 3.8) is 0 Å². The Morgan fingerprint density at radius 2 is 2.10 bits per heavy atom. The van der Waals surface area contributed by atoms with E-state index >= 15 is 0 Å². The zero-order valence-corrected chi connectivity index (χ0v) is 12.9. The molecule has 5 heteroatoms.